The average Bonchev–Trinajstić information content (AvgIpc) is 2.27. The van der Waals surface area contributed by atoms with E-state index in [4.69, 9.17) is 5.73 Å². The van der Waals surface area contributed by atoms with Crippen LogP contribution in [0.5, 0.6) is 0 Å². The van der Waals surface area contributed by atoms with Crippen molar-refractivity contribution in [2.75, 3.05) is 24.7 Å². The number of para-hydroxylation sites is 1. The highest BCUT2D eigenvalue weighted by molar-refractivity contribution is 7.85. The quantitative estimate of drug-likeness (QED) is 0.643. The summed E-state index contributed by atoms with van der Waals surface area (Å²) in [4.78, 5) is 0.508. The van der Waals surface area contributed by atoms with E-state index >= 15 is 0 Å². The molecule has 1 unspecified atom stereocenters. The normalized spacial score (nSPS) is 13.5. The van der Waals surface area contributed by atoms with Gasteiger partial charge in [-0.05, 0) is 18.6 Å². The first-order valence-electron chi connectivity index (χ1n) is 5.27. The van der Waals surface area contributed by atoms with Crippen molar-refractivity contribution in [3.8, 4) is 0 Å². The molecule has 0 saturated heterocycles. The summed E-state index contributed by atoms with van der Waals surface area (Å²) in [6.45, 7) is -1.34. The van der Waals surface area contributed by atoms with Crippen molar-refractivity contribution >= 4 is 16.5 Å². The zero-order chi connectivity index (χ0) is 13.6. The number of halogens is 3. The summed E-state index contributed by atoms with van der Waals surface area (Å²) in [6, 6.07) is 6.71. The minimum absolute atomic E-state index is 0.0714. The third-order valence-corrected chi connectivity index (χ3v) is 3.57. The van der Waals surface area contributed by atoms with Crippen LogP contribution in [-0.4, -0.2) is 29.4 Å². The van der Waals surface area contributed by atoms with Crippen molar-refractivity contribution in [2.45, 2.75) is 17.5 Å². The van der Waals surface area contributed by atoms with E-state index in [1.165, 1.54) is 0 Å². The topological polar surface area (TPSA) is 52.3 Å². The molecule has 0 aliphatic heterocycles. The number of hydrogen-bond acceptors (Lipinski definition) is 3. The summed E-state index contributed by atoms with van der Waals surface area (Å²) in [6.07, 6.45) is -4.03. The van der Waals surface area contributed by atoms with Gasteiger partial charge in [0.1, 0.15) is 6.61 Å². The number of hydrogen-bond donors (Lipinski definition) is 1. The summed E-state index contributed by atoms with van der Waals surface area (Å²) >= 11 is 0. The van der Waals surface area contributed by atoms with Crippen LogP contribution in [0.3, 0.4) is 0 Å². The van der Waals surface area contributed by atoms with Crippen LogP contribution in [0.25, 0.3) is 0 Å². The number of rotatable bonds is 6. The van der Waals surface area contributed by atoms with E-state index in [1.54, 1.807) is 24.3 Å². The van der Waals surface area contributed by atoms with Crippen LogP contribution < -0.4 is 5.73 Å². The van der Waals surface area contributed by atoms with Gasteiger partial charge in [0.2, 0.25) is 0 Å². The molecule has 0 saturated carbocycles. The van der Waals surface area contributed by atoms with Gasteiger partial charge < -0.3 is 10.5 Å². The average molecular weight is 281 g/mol. The Morgan fingerprint density at radius 2 is 1.94 bits per heavy atom. The maximum absolute atomic E-state index is 11.8. The summed E-state index contributed by atoms with van der Waals surface area (Å²) in [5.41, 5.74) is 6.06. The maximum atomic E-state index is 11.8. The van der Waals surface area contributed by atoms with Crippen molar-refractivity contribution < 1.29 is 22.1 Å². The highest BCUT2D eigenvalue weighted by atomic mass is 32.2. The molecule has 1 aromatic rings. The molecule has 0 heterocycles. The van der Waals surface area contributed by atoms with Gasteiger partial charge in [0.15, 0.2) is 0 Å². The van der Waals surface area contributed by atoms with Crippen LogP contribution in [0.15, 0.2) is 29.2 Å². The van der Waals surface area contributed by atoms with E-state index in [9.17, 15) is 17.4 Å². The second-order valence-corrected chi connectivity index (χ2v) is 5.15. The van der Waals surface area contributed by atoms with E-state index in [1.807, 2.05) is 0 Å². The molecule has 0 aliphatic rings. The van der Waals surface area contributed by atoms with E-state index in [0.29, 0.717) is 10.6 Å². The van der Waals surface area contributed by atoms with Gasteiger partial charge in [-0.2, -0.15) is 13.2 Å². The van der Waals surface area contributed by atoms with Crippen LogP contribution in [0.2, 0.25) is 0 Å². The zero-order valence-corrected chi connectivity index (χ0v) is 10.4. The van der Waals surface area contributed by atoms with E-state index in [2.05, 4.69) is 4.74 Å². The van der Waals surface area contributed by atoms with Crippen molar-refractivity contribution in [3.63, 3.8) is 0 Å². The predicted octanol–water partition coefficient (Wildman–Crippen LogP) is 2.35. The first-order chi connectivity index (χ1) is 8.40. The van der Waals surface area contributed by atoms with E-state index in [0.717, 1.165) is 0 Å². The zero-order valence-electron chi connectivity index (χ0n) is 9.57. The molecule has 3 nitrogen and oxygen atoms in total. The Morgan fingerprint density at radius 3 is 2.56 bits per heavy atom. The SMILES string of the molecule is Nc1ccccc1S(=O)CCCOCC(F)(F)F. The first kappa shape index (κ1) is 15.0. The third kappa shape index (κ3) is 5.50. The standard InChI is InChI=1S/C11H14F3NO2S/c12-11(13,14)8-17-6-3-7-18(16)10-5-2-1-4-9(10)15/h1-2,4-5H,3,6-8,15H2. The maximum Gasteiger partial charge on any atom is 0.411 e. The van der Waals surface area contributed by atoms with Gasteiger partial charge in [-0.15, -0.1) is 0 Å². The van der Waals surface area contributed by atoms with Gasteiger partial charge in [0, 0.05) is 18.0 Å². The number of nitrogen functional groups attached to an aromatic ring is 1. The molecular weight excluding hydrogens is 267 g/mol. The van der Waals surface area contributed by atoms with Gasteiger partial charge in [0.25, 0.3) is 0 Å². The lowest BCUT2D eigenvalue weighted by Gasteiger charge is -2.08. The fourth-order valence-electron chi connectivity index (χ4n) is 1.28. The Hall–Kier alpha value is -1.08. The highest BCUT2D eigenvalue weighted by Gasteiger charge is 2.27. The van der Waals surface area contributed by atoms with Crippen molar-refractivity contribution in [1.82, 2.24) is 0 Å². The second-order valence-electron chi connectivity index (χ2n) is 3.61. The van der Waals surface area contributed by atoms with Crippen molar-refractivity contribution in [1.29, 1.82) is 0 Å². The van der Waals surface area contributed by atoms with Gasteiger partial charge in [-0.25, -0.2) is 0 Å². The monoisotopic (exact) mass is 281 g/mol. The van der Waals surface area contributed by atoms with Crippen LogP contribution in [0.4, 0.5) is 18.9 Å². The van der Waals surface area contributed by atoms with Gasteiger partial charge >= 0.3 is 6.18 Å². The Kier molecular flexibility index (Phi) is 5.61. The molecule has 2 N–H and O–H groups in total. The fraction of sp³-hybridized carbons (Fsp3) is 0.455. The number of alkyl halides is 3. The molecule has 0 radical (unpaired) electrons. The Balaban J connectivity index is 2.28. The summed E-state index contributed by atoms with van der Waals surface area (Å²) in [5, 5.41) is 0. The van der Waals surface area contributed by atoms with E-state index < -0.39 is 23.6 Å². The molecule has 0 amide bonds. The van der Waals surface area contributed by atoms with Crippen molar-refractivity contribution in [3.05, 3.63) is 24.3 Å². The Bertz CT molecular complexity index is 410. The second kappa shape index (κ2) is 6.75. The molecule has 1 atom stereocenters. The number of ether oxygens (including phenoxy) is 1. The van der Waals surface area contributed by atoms with Crippen LogP contribution in [0, 0.1) is 0 Å². The number of benzene rings is 1. The lowest BCUT2D eigenvalue weighted by atomic mass is 10.3. The number of nitrogens with two attached hydrogens (primary N) is 1. The molecule has 0 bridgehead atoms. The van der Waals surface area contributed by atoms with E-state index in [-0.39, 0.29) is 18.8 Å². The molecule has 7 heteroatoms. The molecular formula is C11H14F3NO2S. The molecule has 1 rings (SSSR count). The minimum atomic E-state index is -4.32. The Morgan fingerprint density at radius 1 is 1.28 bits per heavy atom. The molecule has 0 fully saturated rings. The van der Waals surface area contributed by atoms with Crippen LogP contribution in [0.1, 0.15) is 6.42 Å². The molecule has 0 spiro atoms. The minimum Gasteiger partial charge on any atom is -0.398 e. The number of anilines is 1. The Labute approximate surface area is 106 Å². The van der Waals surface area contributed by atoms with Gasteiger partial charge in [-0.3, -0.25) is 4.21 Å². The summed E-state index contributed by atoms with van der Waals surface area (Å²) in [5.74, 6) is 0.228. The molecule has 0 aromatic heterocycles. The van der Waals surface area contributed by atoms with Crippen molar-refractivity contribution in [2.24, 2.45) is 0 Å². The first-order valence-corrected chi connectivity index (χ1v) is 6.59. The van der Waals surface area contributed by atoms with Crippen LogP contribution >= 0.6 is 0 Å². The predicted molar refractivity (Wildman–Crippen MR) is 63.6 cm³/mol. The largest absolute Gasteiger partial charge is 0.411 e. The molecule has 18 heavy (non-hydrogen) atoms. The molecule has 0 aliphatic carbocycles. The lowest BCUT2D eigenvalue weighted by Crippen LogP contribution is -2.18. The third-order valence-electron chi connectivity index (χ3n) is 2.05. The highest BCUT2D eigenvalue weighted by Crippen LogP contribution is 2.17. The lowest BCUT2D eigenvalue weighted by molar-refractivity contribution is -0.173. The molecule has 102 valence electrons. The summed E-state index contributed by atoms with van der Waals surface area (Å²) in [7, 11) is -1.31. The fourth-order valence-corrected chi connectivity index (χ4v) is 2.44. The van der Waals surface area contributed by atoms with Gasteiger partial charge in [-0.1, -0.05) is 12.1 Å². The summed E-state index contributed by atoms with van der Waals surface area (Å²) < 4.78 is 51.5. The molecule has 1 aromatic carbocycles. The van der Waals surface area contributed by atoms with Crippen LogP contribution in [-0.2, 0) is 15.5 Å². The van der Waals surface area contributed by atoms with Gasteiger partial charge in [0.05, 0.1) is 15.7 Å². The smallest absolute Gasteiger partial charge is 0.398 e.